The van der Waals surface area contributed by atoms with Gasteiger partial charge in [-0.3, -0.25) is 0 Å². The molecule has 0 aliphatic carbocycles. The second-order valence-corrected chi connectivity index (χ2v) is 5.67. The molecule has 2 rings (SSSR count). The molecule has 0 saturated carbocycles. The van der Waals surface area contributed by atoms with Crippen LogP contribution in [0.1, 0.15) is 19.4 Å². The number of rotatable bonds is 5. The third-order valence-corrected chi connectivity index (χ3v) is 3.64. The van der Waals surface area contributed by atoms with E-state index in [1.807, 2.05) is 12.4 Å². The minimum Gasteiger partial charge on any atom is -0.310 e. The molecule has 0 unspecified atom stereocenters. The van der Waals surface area contributed by atoms with Gasteiger partial charge in [0, 0.05) is 36.7 Å². The first kappa shape index (κ1) is 14.2. The Bertz CT molecular complexity index is 530. The third-order valence-electron chi connectivity index (χ3n) is 2.31. The second-order valence-electron chi connectivity index (χ2n) is 4.30. The number of aromatic nitrogens is 3. The van der Waals surface area contributed by atoms with Crippen molar-refractivity contribution in [2.45, 2.75) is 36.6 Å². The van der Waals surface area contributed by atoms with E-state index in [4.69, 9.17) is 11.6 Å². The normalized spacial score (nSPS) is 10.9. The first-order valence-corrected chi connectivity index (χ1v) is 7.17. The zero-order valence-electron chi connectivity index (χ0n) is 10.8. The standard InChI is InChI=1S/C13H15ClN4S/c1-9(2)16-6-10-7-17-13(18-8-10)19-12-11(14)4-3-5-15-12/h3-5,7-9,16H,6H2,1-2H3. The van der Waals surface area contributed by atoms with E-state index < -0.39 is 0 Å². The van der Waals surface area contributed by atoms with Crippen LogP contribution in [0.25, 0.3) is 0 Å². The molecule has 2 aromatic heterocycles. The number of halogens is 1. The molecule has 6 heteroatoms. The molecule has 2 aromatic rings. The fourth-order valence-electron chi connectivity index (χ4n) is 1.34. The molecular formula is C13H15ClN4S. The highest BCUT2D eigenvalue weighted by molar-refractivity contribution is 7.99. The van der Waals surface area contributed by atoms with Crippen molar-refractivity contribution < 1.29 is 0 Å². The molecule has 0 aliphatic heterocycles. The first-order chi connectivity index (χ1) is 9.15. The number of hydrogen-bond donors (Lipinski definition) is 1. The maximum Gasteiger partial charge on any atom is 0.193 e. The molecule has 0 aliphatic rings. The summed E-state index contributed by atoms with van der Waals surface area (Å²) in [4.78, 5) is 12.8. The highest BCUT2D eigenvalue weighted by atomic mass is 35.5. The molecule has 0 amide bonds. The van der Waals surface area contributed by atoms with Crippen molar-refractivity contribution in [3.8, 4) is 0 Å². The summed E-state index contributed by atoms with van der Waals surface area (Å²) in [6, 6.07) is 4.05. The minimum absolute atomic E-state index is 0.446. The van der Waals surface area contributed by atoms with E-state index in [1.165, 1.54) is 11.8 Å². The van der Waals surface area contributed by atoms with Gasteiger partial charge in [0.1, 0.15) is 5.03 Å². The fourth-order valence-corrected chi connectivity index (χ4v) is 2.24. The SMILES string of the molecule is CC(C)NCc1cnc(Sc2ncccc2Cl)nc1. The Hall–Kier alpha value is -1.17. The second kappa shape index (κ2) is 6.84. The molecule has 100 valence electrons. The van der Waals surface area contributed by atoms with Crippen LogP contribution in [0.2, 0.25) is 5.02 Å². The van der Waals surface area contributed by atoms with Crippen molar-refractivity contribution in [2.24, 2.45) is 0 Å². The van der Waals surface area contributed by atoms with Crippen LogP contribution in [-0.2, 0) is 6.54 Å². The van der Waals surface area contributed by atoms with Gasteiger partial charge in [-0.2, -0.15) is 0 Å². The zero-order valence-corrected chi connectivity index (χ0v) is 12.4. The molecular weight excluding hydrogens is 280 g/mol. The van der Waals surface area contributed by atoms with Crippen molar-refractivity contribution in [2.75, 3.05) is 0 Å². The number of pyridine rings is 1. The molecule has 0 bridgehead atoms. The van der Waals surface area contributed by atoms with Gasteiger partial charge in [-0.1, -0.05) is 25.4 Å². The van der Waals surface area contributed by atoms with Crippen molar-refractivity contribution in [3.05, 3.63) is 41.3 Å². The lowest BCUT2D eigenvalue weighted by Gasteiger charge is -2.07. The Balaban J connectivity index is 2.01. The van der Waals surface area contributed by atoms with Crippen LogP contribution in [0.15, 0.2) is 40.9 Å². The van der Waals surface area contributed by atoms with E-state index in [0.717, 1.165) is 17.1 Å². The highest BCUT2D eigenvalue weighted by Gasteiger charge is 2.06. The predicted octanol–water partition coefficient (Wildman–Crippen LogP) is 3.17. The van der Waals surface area contributed by atoms with E-state index >= 15 is 0 Å². The Morgan fingerprint density at radius 1 is 1.26 bits per heavy atom. The van der Waals surface area contributed by atoms with Gasteiger partial charge >= 0.3 is 0 Å². The lowest BCUT2D eigenvalue weighted by atomic mass is 10.3. The van der Waals surface area contributed by atoms with E-state index in [0.29, 0.717) is 16.2 Å². The van der Waals surface area contributed by atoms with E-state index in [-0.39, 0.29) is 0 Å². The maximum atomic E-state index is 6.04. The van der Waals surface area contributed by atoms with Crippen LogP contribution in [0.5, 0.6) is 0 Å². The summed E-state index contributed by atoms with van der Waals surface area (Å²) in [5, 5.41) is 5.30. The van der Waals surface area contributed by atoms with Gasteiger partial charge < -0.3 is 5.32 Å². The highest BCUT2D eigenvalue weighted by Crippen LogP contribution is 2.28. The van der Waals surface area contributed by atoms with Gasteiger partial charge in [-0.15, -0.1) is 0 Å². The average molecular weight is 295 g/mol. The molecule has 19 heavy (non-hydrogen) atoms. The van der Waals surface area contributed by atoms with Crippen molar-refractivity contribution in [1.82, 2.24) is 20.3 Å². The van der Waals surface area contributed by atoms with Crippen LogP contribution in [-0.4, -0.2) is 21.0 Å². The summed E-state index contributed by atoms with van der Waals surface area (Å²) in [7, 11) is 0. The summed E-state index contributed by atoms with van der Waals surface area (Å²) in [6.07, 6.45) is 5.35. The Kier molecular flexibility index (Phi) is 5.13. The molecule has 1 N–H and O–H groups in total. The number of hydrogen-bond acceptors (Lipinski definition) is 5. The van der Waals surface area contributed by atoms with Crippen LogP contribution in [0, 0.1) is 0 Å². The van der Waals surface area contributed by atoms with Gasteiger partial charge in [0.15, 0.2) is 5.16 Å². The van der Waals surface area contributed by atoms with Crippen molar-refractivity contribution in [3.63, 3.8) is 0 Å². The van der Waals surface area contributed by atoms with Gasteiger partial charge in [0.25, 0.3) is 0 Å². The van der Waals surface area contributed by atoms with Crippen molar-refractivity contribution in [1.29, 1.82) is 0 Å². The Labute approximate surface area is 122 Å². The Morgan fingerprint density at radius 3 is 2.63 bits per heavy atom. The molecule has 0 saturated heterocycles. The van der Waals surface area contributed by atoms with Crippen LogP contribution >= 0.6 is 23.4 Å². The summed E-state index contributed by atoms with van der Waals surface area (Å²) in [5.74, 6) is 0. The molecule has 2 heterocycles. The van der Waals surface area contributed by atoms with E-state index in [9.17, 15) is 0 Å². The smallest absolute Gasteiger partial charge is 0.193 e. The topological polar surface area (TPSA) is 50.7 Å². The summed E-state index contributed by atoms with van der Waals surface area (Å²) < 4.78 is 0. The molecule has 0 spiro atoms. The number of nitrogens with one attached hydrogen (secondary N) is 1. The lowest BCUT2D eigenvalue weighted by Crippen LogP contribution is -2.21. The lowest BCUT2D eigenvalue weighted by molar-refractivity contribution is 0.585. The largest absolute Gasteiger partial charge is 0.310 e. The first-order valence-electron chi connectivity index (χ1n) is 5.98. The molecule has 4 nitrogen and oxygen atoms in total. The zero-order chi connectivity index (χ0) is 13.7. The summed E-state index contributed by atoms with van der Waals surface area (Å²) in [5.41, 5.74) is 1.06. The Morgan fingerprint density at radius 2 is 2.00 bits per heavy atom. The summed E-state index contributed by atoms with van der Waals surface area (Å²) in [6.45, 7) is 4.98. The molecule has 0 radical (unpaired) electrons. The van der Waals surface area contributed by atoms with Gasteiger partial charge in [-0.05, 0) is 23.9 Å². The quantitative estimate of drug-likeness (QED) is 0.858. The van der Waals surface area contributed by atoms with E-state index in [2.05, 4.69) is 34.1 Å². The van der Waals surface area contributed by atoms with Gasteiger partial charge in [0.2, 0.25) is 0 Å². The fraction of sp³-hybridized carbons (Fsp3) is 0.308. The summed E-state index contributed by atoms with van der Waals surface area (Å²) >= 11 is 7.40. The molecule has 0 fully saturated rings. The maximum absolute atomic E-state index is 6.04. The van der Waals surface area contributed by atoms with E-state index in [1.54, 1.807) is 18.3 Å². The van der Waals surface area contributed by atoms with Crippen LogP contribution in [0.4, 0.5) is 0 Å². The average Bonchev–Trinajstić information content (AvgIpc) is 2.40. The monoisotopic (exact) mass is 294 g/mol. The van der Waals surface area contributed by atoms with Gasteiger partial charge in [0.05, 0.1) is 5.02 Å². The van der Waals surface area contributed by atoms with Crippen LogP contribution in [0.3, 0.4) is 0 Å². The number of nitrogens with zero attached hydrogens (tertiary/aromatic N) is 3. The third kappa shape index (κ3) is 4.45. The minimum atomic E-state index is 0.446. The van der Waals surface area contributed by atoms with Crippen molar-refractivity contribution >= 4 is 23.4 Å². The van der Waals surface area contributed by atoms with Crippen LogP contribution < -0.4 is 5.32 Å². The predicted molar refractivity (Wildman–Crippen MR) is 77.4 cm³/mol. The molecule has 0 atom stereocenters. The van der Waals surface area contributed by atoms with Gasteiger partial charge in [-0.25, -0.2) is 15.0 Å². The molecule has 0 aromatic carbocycles.